The molecule has 0 saturated heterocycles. The van der Waals surface area contributed by atoms with Gasteiger partial charge in [0.15, 0.2) is 6.23 Å². The summed E-state index contributed by atoms with van der Waals surface area (Å²) >= 11 is 0. The summed E-state index contributed by atoms with van der Waals surface area (Å²) in [4.78, 5) is 6.61. The molecule has 1 aliphatic rings. The predicted octanol–water partition coefficient (Wildman–Crippen LogP) is 3.92. The molecular formula is C23H25N3O2. The van der Waals surface area contributed by atoms with Crippen LogP contribution in [-0.4, -0.2) is 38.7 Å². The Morgan fingerprint density at radius 2 is 1.82 bits per heavy atom. The third-order valence-corrected chi connectivity index (χ3v) is 5.44. The van der Waals surface area contributed by atoms with E-state index >= 15 is 0 Å². The Kier molecular flexibility index (Phi) is 5.03. The van der Waals surface area contributed by atoms with Crippen LogP contribution in [0.3, 0.4) is 0 Å². The number of aliphatic imine (C=N–C) groups is 1. The van der Waals surface area contributed by atoms with E-state index in [2.05, 4.69) is 36.7 Å². The first-order chi connectivity index (χ1) is 13.6. The van der Waals surface area contributed by atoms with Gasteiger partial charge in [-0.1, -0.05) is 36.4 Å². The Bertz CT molecular complexity index is 1060. The molecule has 3 aromatic rings. The minimum Gasteiger partial charge on any atom is -0.396 e. The maximum Gasteiger partial charge on any atom is 0.156 e. The Hall–Kier alpha value is -2.89. The van der Waals surface area contributed by atoms with Gasteiger partial charge in [-0.15, -0.1) is 0 Å². The number of aryl methyl sites for hydroxylation is 1. The Labute approximate surface area is 164 Å². The number of hydrogen-bond donors (Lipinski definition) is 2. The molecule has 5 heteroatoms. The zero-order valence-corrected chi connectivity index (χ0v) is 16.2. The van der Waals surface area contributed by atoms with E-state index in [1.807, 2.05) is 47.4 Å². The van der Waals surface area contributed by atoms with Crippen molar-refractivity contribution in [3.8, 4) is 0 Å². The molecule has 1 atom stereocenters. The lowest BCUT2D eigenvalue weighted by atomic mass is 10.1. The number of amidine groups is 1. The fourth-order valence-corrected chi connectivity index (χ4v) is 3.82. The van der Waals surface area contributed by atoms with Gasteiger partial charge < -0.3 is 19.7 Å². The second kappa shape index (κ2) is 7.62. The average molecular weight is 375 g/mol. The Morgan fingerprint density at radius 1 is 1.07 bits per heavy atom. The topological polar surface area (TPSA) is 61.0 Å². The summed E-state index contributed by atoms with van der Waals surface area (Å²) in [6.07, 6.45) is 3.84. The molecule has 0 radical (unpaired) electrons. The van der Waals surface area contributed by atoms with E-state index in [0.29, 0.717) is 18.8 Å². The van der Waals surface area contributed by atoms with E-state index in [1.54, 1.807) is 0 Å². The van der Waals surface area contributed by atoms with Crippen LogP contribution in [0.15, 0.2) is 59.6 Å². The van der Waals surface area contributed by atoms with Crippen LogP contribution >= 0.6 is 0 Å². The number of para-hydroxylation sites is 2. The number of rotatable bonds is 5. The van der Waals surface area contributed by atoms with Crippen LogP contribution < -0.4 is 0 Å². The summed E-state index contributed by atoms with van der Waals surface area (Å²) in [7, 11) is 2.07. The number of aliphatic hydroxyl groups is 2. The van der Waals surface area contributed by atoms with Gasteiger partial charge in [0.2, 0.25) is 0 Å². The van der Waals surface area contributed by atoms with Crippen LogP contribution in [0, 0.1) is 6.92 Å². The molecule has 2 aromatic carbocycles. The second-order valence-corrected chi connectivity index (χ2v) is 7.08. The molecule has 0 fully saturated rings. The Balaban J connectivity index is 1.77. The minimum atomic E-state index is -0.770. The number of nitrogens with zero attached hydrogens (tertiary/aromatic N) is 3. The zero-order valence-electron chi connectivity index (χ0n) is 16.2. The normalized spacial score (nSPS) is 16.6. The maximum absolute atomic E-state index is 10.9. The first-order valence-corrected chi connectivity index (χ1v) is 9.57. The molecule has 144 valence electrons. The molecule has 2 N–H and O–H groups in total. The van der Waals surface area contributed by atoms with E-state index in [9.17, 15) is 10.2 Å². The quantitative estimate of drug-likeness (QED) is 0.711. The van der Waals surface area contributed by atoms with Gasteiger partial charge in [0.25, 0.3) is 0 Å². The van der Waals surface area contributed by atoms with Gasteiger partial charge in [0.05, 0.1) is 5.69 Å². The van der Waals surface area contributed by atoms with E-state index in [-0.39, 0.29) is 6.61 Å². The fraction of sp³-hybridized carbons (Fsp3) is 0.261. The van der Waals surface area contributed by atoms with Crippen molar-refractivity contribution >= 4 is 28.5 Å². The smallest absolute Gasteiger partial charge is 0.156 e. The molecule has 0 bridgehead atoms. The van der Waals surface area contributed by atoms with Crippen LogP contribution in [0.4, 0.5) is 5.69 Å². The van der Waals surface area contributed by atoms with Crippen molar-refractivity contribution < 1.29 is 10.2 Å². The lowest BCUT2D eigenvalue weighted by Gasteiger charge is -2.34. The van der Waals surface area contributed by atoms with Gasteiger partial charge in [0, 0.05) is 47.9 Å². The van der Waals surface area contributed by atoms with Crippen LogP contribution in [0.25, 0.3) is 17.0 Å². The minimum absolute atomic E-state index is 0.0737. The first-order valence-electron chi connectivity index (χ1n) is 9.57. The summed E-state index contributed by atoms with van der Waals surface area (Å²) in [6, 6.07) is 16.0. The first kappa shape index (κ1) is 18.5. The molecule has 0 aliphatic carbocycles. The molecule has 0 saturated carbocycles. The average Bonchev–Trinajstić information content (AvgIpc) is 2.96. The third kappa shape index (κ3) is 3.13. The van der Waals surface area contributed by atoms with E-state index in [4.69, 9.17) is 4.99 Å². The van der Waals surface area contributed by atoms with Gasteiger partial charge in [-0.25, -0.2) is 4.99 Å². The highest BCUT2D eigenvalue weighted by Gasteiger charge is 2.26. The van der Waals surface area contributed by atoms with Crippen LogP contribution in [0.5, 0.6) is 0 Å². The molecule has 1 aromatic heterocycles. The maximum atomic E-state index is 10.9. The summed E-state index contributed by atoms with van der Waals surface area (Å²) in [5.74, 6) is 0.701. The molecule has 4 rings (SSSR count). The van der Waals surface area contributed by atoms with Gasteiger partial charge in [0.1, 0.15) is 5.84 Å². The molecule has 0 spiro atoms. The van der Waals surface area contributed by atoms with E-state index in [1.165, 1.54) is 16.6 Å². The number of aliphatic hydroxyl groups excluding tert-OH is 2. The number of hydrogen-bond acceptors (Lipinski definition) is 4. The molecular weight excluding hydrogens is 350 g/mol. The summed E-state index contributed by atoms with van der Waals surface area (Å²) in [5, 5.41) is 21.3. The largest absolute Gasteiger partial charge is 0.396 e. The standard InChI is InChI=1S/C23H25N3O2/c1-16-17(18-8-4-6-11-21(18)25(16)2)12-13-22-24-20-10-5-3-9-19(20)23(28)26(22)14-7-15-27/h3-6,8-13,23,27-28H,7,14-15H2,1-2H3/b13-12+/t23-/m1/s1. The van der Waals surface area contributed by atoms with Crippen molar-refractivity contribution in [2.45, 2.75) is 19.6 Å². The van der Waals surface area contributed by atoms with Crippen LogP contribution in [0.2, 0.25) is 0 Å². The van der Waals surface area contributed by atoms with Gasteiger partial charge in [-0.2, -0.15) is 0 Å². The lowest BCUT2D eigenvalue weighted by molar-refractivity contribution is 0.0477. The summed E-state index contributed by atoms with van der Waals surface area (Å²) < 4.78 is 2.19. The van der Waals surface area contributed by atoms with Crippen LogP contribution in [0.1, 0.15) is 29.5 Å². The molecule has 28 heavy (non-hydrogen) atoms. The van der Waals surface area contributed by atoms with Crippen molar-refractivity contribution in [2.75, 3.05) is 13.2 Å². The van der Waals surface area contributed by atoms with Crippen molar-refractivity contribution in [2.24, 2.45) is 12.0 Å². The summed E-state index contributed by atoms with van der Waals surface area (Å²) in [6.45, 7) is 2.71. The van der Waals surface area contributed by atoms with Crippen molar-refractivity contribution in [1.82, 2.24) is 9.47 Å². The van der Waals surface area contributed by atoms with E-state index < -0.39 is 6.23 Å². The third-order valence-electron chi connectivity index (χ3n) is 5.44. The van der Waals surface area contributed by atoms with Gasteiger partial charge >= 0.3 is 0 Å². The van der Waals surface area contributed by atoms with Crippen molar-refractivity contribution in [1.29, 1.82) is 0 Å². The molecule has 1 aliphatic heterocycles. The molecule has 0 amide bonds. The lowest BCUT2D eigenvalue weighted by Crippen LogP contribution is -2.37. The zero-order chi connectivity index (χ0) is 19.7. The number of aromatic nitrogens is 1. The number of benzene rings is 2. The van der Waals surface area contributed by atoms with Crippen molar-refractivity contribution in [3.63, 3.8) is 0 Å². The van der Waals surface area contributed by atoms with Gasteiger partial charge in [-0.05, 0) is 37.6 Å². The van der Waals surface area contributed by atoms with Crippen LogP contribution in [-0.2, 0) is 7.05 Å². The summed E-state index contributed by atoms with van der Waals surface area (Å²) in [5.41, 5.74) is 5.09. The fourth-order valence-electron chi connectivity index (χ4n) is 3.82. The second-order valence-electron chi connectivity index (χ2n) is 7.08. The molecule has 2 heterocycles. The van der Waals surface area contributed by atoms with E-state index in [0.717, 1.165) is 16.8 Å². The highest BCUT2D eigenvalue weighted by atomic mass is 16.3. The SMILES string of the molecule is Cc1c(/C=C/C2=Nc3ccccc3[C@@H](O)N2CCCO)c2ccccc2n1C. The number of fused-ring (bicyclic) bond motifs is 2. The molecule has 5 nitrogen and oxygen atoms in total. The predicted molar refractivity (Wildman–Crippen MR) is 114 cm³/mol. The van der Waals surface area contributed by atoms with Gasteiger partial charge in [-0.3, -0.25) is 0 Å². The highest BCUT2D eigenvalue weighted by Crippen LogP contribution is 2.34. The highest BCUT2D eigenvalue weighted by molar-refractivity contribution is 6.02. The monoisotopic (exact) mass is 375 g/mol. The van der Waals surface area contributed by atoms with Crippen molar-refractivity contribution in [3.05, 3.63) is 71.4 Å². The molecule has 0 unspecified atom stereocenters. The Morgan fingerprint density at radius 3 is 2.64 bits per heavy atom.